The molecular weight excluding hydrogens is 434 g/mol. The molecule has 172 valence electrons. The standard InChI is InChI=1S/C23H27NO7S/c1-7-30-22(26)19-14(4)20(23(27)31-13(2)3)32-21(19)24-18(25)11-9-15-8-10-16(28-5)17(12-15)29-6/h8-13H,7H2,1-6H3,(H,24,25)/b11-9+. The first-order chi connectivity index (χ1) is 15.2. The lowest BCUT2D eigenvalue weighted by Crippen LogP contribution is -2.13. The molecular formula is C23H27NO7S. The second-order valence-corrected chi connectivity index (χ2v) is 7.89. The van der Waals surface area contributed by atoms with Crippen molar-refractivity contribution in [1.82, 2.24) is 0 Å². The van der Waals surface area contributed by atoms with Crippen LogP contribution < -0.4 is 14.8 Å². The fourth-order valence-electron chi connectivity index (χ4n) is 2.79. The number of ether oxygens (including phenoxy) is 4. The summed E-state index contributed by atoms with van der Waals surface area (Å²) in [5.41, 5.74) is 1.26. The van der Waals surface area contributed by atoms with Gasteiger partial charge < -0.3 is 24.3 Å². The van der Waals surface area contributed by atoms with E-state index in [0.29, 0.717) is 22.6 Å². The van der Waals surface area contributed by atoms with Gasteiger partial charge in [-0.05, 0) is 57.0 Å². The number of amides is 1. The van der Waals surface area contributed by atoms with Crippen LogP contribution in [0.5, 0.6) is 11.5 Å². The van der Waals surface area contributed by atoms with Crippen molar-refractivity contribution in [3.63, 3.8) is 0 Å². The van der Waals surface area contributed by atoms with E-state index in [1.165, 1.54) is 20.3 Å². The zero-order valence-corrected chi connectivity index (χ0v) is 19.8. The molecule has 0 saturated carbocycles. The zero-order chi connectivity index (χ0) is 23.8. The van der Waals surface area contributed by atoms with E-state index in [1.54, 1.807) is 52.0 Å². The van der Waals surface area contributed by atoms with Crippen molar-refractivity contribution in [3.05, 3.63) is 45.8 Å². The minimum atomic E-state index is -0.621. The van der Waals surface area contributed by atoms with E-state index < -0.39 is 17.8 Å². The number of hydrogen-bond donors (Lipinski definition) is 1. The van der Waals surface area contributed by atoms with E-state index in [1.807, 2.05) is 0 Å². The number of carbonyl (C=O) groups is 3. The van der Waals surface area contributed by atoms with Crippen LogP contribution in [0, 0.1) is 6.92 Å². The Morgan fingerprint density at radius 3 is 2.38 bits per heavy atom. The number of esters is 2. The molecule has 2 rings (SSSR count). The van der Waals surface area contributed by atoms with Gasteiger partial charge in [-0.1, -0.05) is 6.07 Å². The van der Waals surface area contributed by atoms with Gasteiger partial charge in [0.25, 0.3) is 0 Å². The number of nitrogens with one attached hydrogen (secondary N) is 1. The Labute approximate surface area is 191 Å². The van der Waals surface area contributed by atoms with E-state index in [-0.39, 0.29) is 28.2 Å². The quantitative estimate of drug-likeness (QED) is 0.434. The normalized spacial score (nSPS) is 10.8. The van der Waals surface area contributed by atoms with Gasteiger partial charge in [0.15, 0.2) is 11.5 Å². The van der Waals surface area contributed by atoms with E-state index in [2.05, 4.69) is 5.32 Å². The van der Waals surface area contributed by atoms with Crippen molar-refractivity contribution < 1.29 is 33.3 Å². The summed E-state index contributed by atoms with van der Waals surface area (Å²) in [7, 11) is 3.06. The molecule has 1 aromatic carbocycles. The number of anilines is 1. The SMILES string of the molecule is CCOC(=O)c1c(NC(=O)/C=C/c2ccc(OC)c(OC)c2)sc(C(=O)OC(C)C)c1C. The van der Waals surface area contributed by atoms with Crippen molar-refractivity contribution in [1.29, 1.82) is 0 Å². The Balaban J connectivity index is 2.30. The third-order valence-electron chi connectivity index (χ3n) is 4.23. The van der Waals surface area contributed by atoms with E-state index in [9.17, 15) is 14.4 Å². The first-order valence-electron chi connectivity index (χ1n) is 9.94. The maximum atomic E-state index is 12.5. The molecule has 0 saturated heterocycles. The monoisotopic (exact) mass is 461 g/mol. The Morgan fingerprint density at radius 1 is 1.09 bits per heavy atom. The van der Waals surface area contributed by atoms with Crippen LogP contribution in [0.1, 0.15) is 51.9 Å². The lowest BCUT2D eigenvalue weighted by atomic mass is 10.1. The molecule has 8 nitrogen and oxygen atoms in total. The molecule has 0 radical (unpaired) electrons. The van der Waals surface area contributed by atoms with Crippen molar-refractivity contribution >= 4 is 40.3 Å². The molecule has 1 amide bonds. The number of thiophene rings is 1. The maximum absolute atomic E-state index is 12.5. The average Bonchev–Trinajstić information content (AvgIpc) is 3.07. The summed E-state index contributed by atoms with van der Waals surface area (Å²) in [6.07, 6.45) is 2.59. The summed E-state index contributed by atoms with van der Waals surface area (Å²) in [6, 6.07) is 5.22. The molecule has 0 aliphatic carbocycles. The predicted octanol–water partition coefficient (Wildman–Crippen LogP) is 4.47. The highest BCUT2D eigenvalue weighted by Gasteiger charge is 2.27. The predicted molar refractivity (Wildman–Crippen MR) is 123 cm³/mol. The highest BCUT2D eigenvalue weighted by atomic mass is 32.1. The first kappa shape index (κ1) is 24.9. The van der Waals surface area contributed by atoms with Crippen LogP contribution in [0.25, 0.3) is 6.08 Å². The van der Waals surface area contributed by atoms with E-state index in [4.69, 9.17) is 18.9 Å². The highest BCUT2D eigenvalue weighted by molar-refractivity contribution is 7.18. The van der Waals surface area contributed by atoms with Gasteiger partial charge in [0.05, 0.1) is 32.5 Å². The number of benzene rings is 1. The van der Waals surface area contributed by atoms with Gasteiger partial charge in [-0.25, -0.2) is 9.59 Å². The summed E-state index contributed by atoms with van der Waals surface area (Å²) >= 11 is 0.974. The van der Waals surface area contributed by atoms with Crippen LogP contribution in [0.4, 0.5) is 5.00 Å². The van der Waals surface area contributed by atoms with Crippen molar-refractivity contribution in [2.24, 2.45) is 0 Å². The molecule has 0 unspecified atom stereocenters. The molecule has 0 aliphatic heterocycles. The lowest BCUT2D eigenvalue weighted by molar-refractivity contribution is -0.111. The van der Waals surface area contributed by atoms with Gasteiger partial charge >= 0.3 is 11.9 Å². The van der Waals surface area contributed by atoms with Crippen LogP contribution in [-0.4, -0.2) is 44.8 Å². The fourth-order valence-corrected chi connectivity index (χ4v) is 3.88. The van der Waals surface area contributed by atoms with Crippen LogP contribution in [0.3, 0.4) is 0 Å². The van der Waals surface area contributed by atoms with Gasteiger partial charge in [-0.2, -0.15) is 0 Å². The maximum Gasteiger partial charge on any atom is 0.348 e. The molecule has 1 N–H and O–H groups in total. The highest BCUT2D eigenvalue weighted by Crippen LogP contribution is 2.34. The van der Waals surface area contributed by atoms with Crippen LogP contribution in [-0.2, 0) is 14.3 Å². The summed E-state index contributed by atoms with van der Waals surface area (Å²) < 4.78 is 20.8. The molecule has 0 atom stereocenters. The molecule has 9 heteroatoms. The van der Waals surface area contributed by atoms with Crippen LogP contribution >= 0.6 is 11.3 Å². The number of methoxy groups -OCH3 is 2. The van der Waals surface area contributed by atoms with Crippen molar-refractivity contribution in [2.45, 2.75) is 33.8 Å². The second-order valence-electron chi connectivity index (χ2n) is 6.87. The molecule has 1 heterocycles. The number of hydrogen-bond acceptors (Lipinski definition) is 8. The van der Waals surface area contributed by atoms with Gasteiger partial charge in [0, 0.05) is 6.08 Å². The van der Waals surface area contributed by atoms with Crippen molar-refractivity contribution in [3.8, 4) is 11.5 Å². The third-order valence-corrected chi connectivity index (χ3v) is 5.41. The minimum Gasteiger partial charge on any atom is -0.493 e. The Kier molecular flexibility index (Phi) is 8.83. The first-order valence-corrected chi connectivity index (χ1v) is 10.8. The second kappa shape index (κ2) is 11.3. The van der Waals surface area contributed by atoms with Crippen LogP contribution in [0.15, 0.2) is 24.3 Å². The van der Waals surface area contributed by atoms with Gasteiger partial charge in [-0.15, -0.1) is 11.3 Å². The largest absolute Gasteiger partial charge is 0.493 e. The summed E-state index contributed by atoms with van der Waals surface area (Å²) in [6.45, 7) is 6.92. The summed E-state index contributed by atoms with van der Waals surface area (Å²) in [5.74, 6) is -0.557. The van der Waals surface area contributed by atoms with E-state index in [0.717, 1.165) is 11.3 Å². The van der Waals surface area contributed by atoms with Gasteiger partial charge in [-0.3, -0.25) is 4.79 Å². The zero-order valence-electron chi connectivity index (χ0n) is 18.9. The number of carbonyl (C=O) groups excluding carboxylic acids is 3. The molecule has 0 fully saturated rings. The van der Waals surface area contributed by atoms with Crippen molar-refractivity contribution in [2.75, 3.05) is 26.1 Å². The fraction of sp³-hybridized carbons (Fsp3) is 0.348. The molecule has 1 aromatic heterocycles. The Hall–Kier alpha value is -3.33. The molecule has 32 heavy (non-hydrogen) atoms. The number of rotatable bonds is 9. The summed E-state index contributed by atoms with van der Waals surface area (Å²) in [4.78, 5) is 37.7. The lowest BCUT2D eigenvalue weighted by Gasteiger charge is -2.08. The van der Waals surface area contributed by atoms with Gasteiger partial charge in [0.2, 0.25) is 5.91 Å². The van der Waals surface area contributed by atoms with Crippen LogP contribution in [0.2, 0.25) is 0 Å². The minimum absolute atomic E-state index is 0.139. The van der Waals surface area contributed by atoms with E-state index >= 15 is 0 Å². The molecule has 0 bridgehead atoms. The average molecular weight is 462 g/mol. The molecule has 0 spiro atoms. The Bertz CT molecular complexity index is 1020. The van der Waals surface area contributed by atoms with Gasteiger partial charge in [0.1, 0.15) is 9.88 Å². The third kappa shape index (κ3) is 6.10. The Morgan fingerprint density at radius 2 is 1.78 bits per heavy atom. The topological polar surface area (TPSA) is 100 Å². The smallest absolute Gasteiger partial charge is 0.348 e. The molecule has 0 aliphatic rings. The molecule has 2 aromatic rings. The summed E-state index contributed by atoms with van der Waals surface area (Å²) in [5, 5.41) is 2.89.